The Morgan fingerprint density at radius 1 is 1.45 bits per heavy atom. The fourth-order valence-electron chi connectivity index (χ4n) is 2.15. The molecule has 0 radical (unpaired) electrons. The number of carboxylic acid groups (broad SMARTS) is 1. The summed E-state index contributed by atoms with van der Waals surface area (Å²) in [4.78, 5) is 22.3. The van der Waals surface area contributed by atoms with E-state index in [1.165, 1.54) is 6.92 Å². The van der Waals surface area contributed by atoms with Crippen LogP contribution in [0.2, 0.25) is 0 Å². The number of hydrogen-bond acceptors (Lipinski definition) is 6. The van der Waals surface area contributed by atoms with Crippen LogP contribution in [0.25, 0.3) is 0 Å². The maximum Gasteiger partial charge on any atom is 0.290 e. The lowest BCUT2D eigenvalue weighted by Crippen LogP contribution is -2.46. The molecule has 1 heterocycles. The van der Waals surface area contributed by atoms with Crippen LogP contribution in [0.5, 0.6) is 0 Å². The Morgan fingerprint density at radius 2 is 2.00 bits per heavy atom. The van der Waals surface area contributed by atoms with E-state index < -0.39 is 21.5 Å². The van der Waals surface area contributed by atoms with Gasteiger partial charge in [-0.1, -0.05) is 6.92 Å². The number of rotatable bonds is 6. The molecule has 0 aromatic rings. The van der Waals surface area contributed by atoms with Gasteiger partial charge in [0.1, 0.15) is 5.75 Å². The number of ether oxygens (including phenoxy) is 1. The molecule has 8 nitrogen and oxygen atoms in total. The van der Waals surface area contributed by atoms with Crippen molar-refractivity contribution in [2.24, 2.45) is 0 Å². The Kier molecular flexibility index (Phi) is 9.22. The first-order valence-electron chi connectivity index (χ1n) is 7.05. The summed E-state index contributed by atoms with van der Waals surface area (Å²) in [5.74, 6) is -0.908. The van der Waals surface area contributed by atoms with E-state index in [1.807, 2.05) is 0 Å². The number of carbonyl (C=O) groups is 2. The van der Waals surface area contributed by atoms with Crippen molar-refractivity contribution in [2.45, 2.75) is 39.0 Å². The maximum atomic E-state index is 11.7. The third-order valence-electron chi connectivity index (χ3n) is 3.46. The Morgan fingerprint density at radius 3 is 2.41 bits per heavy atom. The lowest BCUT2D eigenvalue weighted by atomic mass is 10.2. The summed E-state index contributed by atoms with van der Waals surface area (Å²) in [5, 5.41) is 9.66. The van der Waals surface area contributed by atoms with Gasteiger partial charge in [0.2, 0.25) is 5.91 Å². The molecule has 22 heavy (non-hydrogen) atoms. The zero-order valence-electron chi connectivity index (χ0n) is 13.5. The molecule has 1 aliphatic heterocycles. The van der Waals surface area contributed by atoms with Gasteiger partial charge in [-0.3, -0.25) is 14.5 Å². The van der Waals surface area contributed by atoms with Crippen molar-refractivity contribution in [3.05, 3.63) is 0 Å². The van der Waals surface area contributed by atoms with E-state index in [9.17, 15) is 13.2 Å². The highest BCUT2D eigenvalue weighted by Crippen LogP contribution is 2.15. The van der Waals surface area contributed by atoms with E-state index >= 15 is 0 Å². The second kappa shape index (κ2) is 9.75. The fourth-order valence-corrected chi connectivity index (χ4v) is 2.84. The van der Waals surface area contributed by atoms with Crippen molar-refractivity contribution in [2.75, 3.05) is 31.7 Å². The average molecular weight is 338 g/mol. The zero-order valence-corrected chi connectivity index (χ0v) is 14.3. The molecule has 0 saturated carbocycles. The minimum absolute atomic E-state index is 0.0170. The first-order valence-corrected chi connectivity index (χ1v) is 8.87. The number of methoxy groups -OCH3 is 1. The van der Waals surface area contributed by atoms with E-state index in [0.29, 0.717) is 12.6 Å². The Balaban J connectivity index is 0.00000135. The van der Waals surface area contributed by atoms with Crippen molar-refractivity contribution in [3.63, 3.8) is 0 Å². The molecule has 1 saturated heterocycles. The van der Waals surface area contributed by atoms with E-state index in [-0.39, 0.29) is 24.4 Å². The van der Waals surface area contributed by atoms with Crippen LogP contribution in [0.15, 0.2) is 0 Å². The van der Waals surface area contributed by atoms with Crippen LogP contribution in [0.1, 0.15) is 20.8 Å². The van der Waals surface area contributed by atoms with Gasteiger partial charge in [-0.05, 0) is 13.8 Å². The van der Waals surface area contributed by atoms with Crippen LogP contribution in [0.4, 0.5) is 0 Å². The number of carbonyl (C=O) groups excluding carboxylic acids is 1. The van der Waals surface area contributed by atoms with Gasteiger partial charge in [-0.25, -0.2) is 8.42 Å². The van der Waals surface area contributed by atoms with Gasteiger partial charge in [0, 0.05) is 32.0 Å². The molecule has 0 aromatic carbocycles. The third-order valence-corrected chi connectivity index (χ3v) is 5.05. The minimum Gasteiger partial charge on any atom is -0.483 e. The summed E-state index contributed by atoms with van der Waals surface area (Å²) in [6, 6.07) is 0.228. The summed E-state index contributed by atoms with van der Waals surface area (Å²) in [5.41, 5.74) is 0. The number of nitrogens with one attached hydrogen (secondary N) is 1. The van der Waals surface area contributed by atoms with Crippen LogP contribution in [0.3, 0.4) is 0 Å². The van der Waals surface area contributed by atoms with Crippen molar-refractivity contribution >= 4 is 22.2 Å². The second-order valence-corrected chi connectivity index (χ2v) is 7.63. The summed E-state index contributed by atoms with van der Waals surface area (Å²) in [6.45, 7) is 6.89. The quantitative estimate of drug-likeness (QED) is 0.618. The Bertz CT molecular complexity index is 451. The monoisotopic (exact) mass is 338 g/mol. The maximum absolute atomic E-state index is 11.7. The third kappa shape index (κ3) is 7.19. The van der Waals surface area contributed by atoms with Crippen molar-refractivity contribution in [1.29, 1.82) is 0 Å². The number of hydrogen-bond donors (Lipinski definition) is 2. The molecule has 130 valence electrons. The van der Waals surface area contributed by atoms with Gasteiger partial charge in [-0.15, -0.1) is 0 Å². The Hall–Kier alpha value is -1.19. The highest BCUT2D eigenvalue weighted by atomic mass is 32.2. The molecule has 1 aliphatic rings. The molecule has 1 amide bonds. The molecule has 0 bridgehead atoms. The van der Waals surface area contributed by atoms with Crippen LogP contribution >= 0.6 is 0 Å². The van der Waals surface area contributed by atoms with Crippen LogP contribution < -0.4 is 5.32 Å². The number of likely N-dealkylation sites (tertiary alicyclic amines) is 1. The predicted octanol–water partition coefficient (Wildman–Crippen LogP) is -0.654. The number of nitrogens with zero attached hydrogens (tertiary/aromatic N) is 1. The normalized spacial score (nSPS) is 22.0. The van der Waals surface area contributed by atoms with Crippen LogP contribution in [-0.4, -0.2) is 80.7 Å². The zero-order chi connectivity index (χ0) is 17.3. The van der Waals surface area contributed by atoms with Gasteiger partial charge in [0.15, 0.2) is 9.84 Å². The molecule has 1 rings (SSSR count). The molecular weight excluding hydrogens is 312 g/mol. The fraction of sp³-hybridized carbons (Fsp3) is 0.846. The van der Waals surface area contributed by atoms with Crippen molar-refractivity contribution in [1.82, 2.24) is 10.2 Å². The molecular formula is C13H26N2O6S. The largest absolute Gasteiger partial charge is 0.483 e. The molecule has 1 fully saturated rings. The summed E-state index contributed by atoms with van der Waals surface area (Å²) >= 11 is 0. The minimum atomic E-state index is -3.28. The molecule has 9 heteroatoms. The second-order valence-electron chi connectivity index (χ2n) is 5.28. The first-order chi connectivity index (χ1) is 10.2. The SMILES string of the molecule is CCS(=O)(=O)CC(=O)N[C@H]1CN(C(C)C)C[C@@H]1OC.O=CO. The van der Waals surface area contributed by atoms with Gasteiger partial charge in [0.05, 0.1) is 12.1 Å². The standard InChI is InChI=1S/C12H24N2O4S.CH2O2/c1-5-19(16,17)8-12(15)13-10-6-14(9(2)3)7-11(10)18-4;2-1-3/h9-11H,5-8H2,1-4H3,(H,13,15);1H,(H,2,3)/t10-,11-;/m0./s1. The van der Waals surface area contributed by atoms with E-state index in [2.05, 4.69) is 24.1 Å². The highest BCUT2D eigenvalue weighted by molar-refractivity contribution is 7.92. The summed E-state index contributed by atoms with van der Waals surface area (Å²) in [6.07, 6.45) is -0.0873. The van der Waals surface area contributed by atoms with E-state index in [4.69, 9.17) is 14.6 Å². The van der Waals surface area contributed by atoms with Crippen LogP contribution in [0, 0.1) is 0 Å². The number of amides is 1. The number of sulfone groups is 1. The van der Waals surface area contributed by atoms with Gasteiger partial charge in [-0.2, -0.15) is 0 Å². The topological polar surface area (TPSA) is 113 Å². The molecule has 0 aliphatic carbocycles. The van der Waals surface area contributed by atoms with Gasteiger partial charge in [0.25, 0.3) is 6.47 Å². The lowest BCUT2D eigenvalue weighted by molar-refractivity contribution is -0.123. The lowest BCUT2D eigenvalue weighted by Gasteiger charge is -2.19. The molecule has 0 unspecified atom stereocenters. The molecule has 2 N–H and O–H groups in total. The molecule has 2 atom stereocenters. The Labute approximate surface area is 131 Å². The summed E-state index contributed by atoms with van der Waals surface area (Å²) < 4.78 is 28.2. The molecule has 0 spiro atoms. The van der Waals surface area contributed by atoms with E-state index in [1.54, 1.807) is 7.11 Å². The van der Waals surface area contributed by atoms with E-state index in [0.717, 1.165) is 6.54 Å². The smallest absolute Gasteiger partial charge is 0.290 e. The highest BCUT2D eigenvalue weighted by Gasteiger charge is 2.35. The van der Waals surface area contributed by atoms with Gasteiger partial charge < -0.3 is 15.2 Å². The average Bonchev–Trinajstić information content (AvgIpc) is 2.82. The predicted molar refractivity (Wildman–Crippen MR) is 82.5 cm³/mol. The summed E-state index contributed by atoms with van der Waals surface area (Å²) in [7, 11) is -1.67. The first kappa shape index (κ1) is 20.8. The van der Waals surface area contributed by atoms with Crippen molar-refractivity contribution < 1.29 is 27.9 Å². The van der Waals surface area contributed by atoms with Crippen molar-refractivity contribution in [3.8, 4) is 0 Å². The van der Waals surface area contributed by atoms with Gasteiger partial charge >= 0.3 is 0 Å². The van der Waals surface area contributed by atoms with Crippen LogP contribution in [-0.2, 0) is 24.2 Å². The molecule has 0 aromatic heterocycles.